The van der Waals surface area contributed by atoms with Crippen molar-refractivity contribution in [2.24, 2.45) is 5.41 Å². The molecule has 1 N–H and O–H groups in total. The highest BCUT2D eigenvalue weighted by Crippen LogP contribution is 2.32. The van der Waals surface area contributed by atoms with Gasteiger partial charge in [0.2, 0.25) is 0 Å². The Morgan fingerprint density at radius 1 is 1.26 bits per heavy atom. The van der Waals surface area contributed by atoms with Crippen LogP contribution in [0.2, 0.25) is 5.02 Å². The van der Waals surface area contributed by atoms with Gasteiger partial charge in [0, 0.05) is 23.2 Å². The van der Waals surface area contributed by atoms with Gasteiger partial charge in [-0.25, -0.2) is 0 Å². The van der Waals surface area contributed by atoms with Crippen molar-refractivity contribution in [2.75, 3.05) is 13.9 Å². The zero-order valence-corrected chi connectivity index (χ0v) is 16.9. The van der Waals surface area contributed by atoms with Crippen molar-refractivity contribution in [1.29, 1.82) is 0 Å². The van der Waals surface area contributed by atoms with Crippen LogP contribution in [0.4, 0.5) is 0 Å². The van der Waals surface area contributed by atoms with Crippen LogP contribution in [0.15, 0.2) is 16.6 Å². The van der Waals surface area contributed by atoms with E-state index in [4.69, 9.17) is 21.1 Å². The summed E-state index contributed by atoms with van der Waals surface area (Å²) in [4.78, 5) is 12.7. The van der Waals surface area contributed by atoms with Gasteiger partial charge in [0.05, 0.1) is 10.6 Å². The molecular weight excluding hydrogens is 382 g/mol. The Bertz CT molecular complexity index is 568. The van der Waals surface area contributed by atoms with E-state index < -0.39 is 0 Å². The maximum atomic E-state index is 12.7. The fourth-order valence-electron chi connectivity index (χ4n) is 2.69. The van der Waals surface area contributed by atoms with Crippen molar-refractivity contribution in [1.82, 2.24) is 5.32 Å². The quantitative estimate of drug-likeness (QED) is 0.674. The SMILES string of the molecule is COCOc1cc(Cl)c(Br)cc1C(=O)NC(C)(C)CC(C)(C)C. The number of hydrogen-bond acceptors (Lipinski definition) is 3. The van der Waals surface area contributed by atoms with Crippen LogP contribution in [0, 0.1) is 5.41 Å². The van der Waals surface area contributed by atoms with Gasteiger partial charge in [0.25, 0.3) is 5.91 Å². The third-order valence-corrected chi connectivity index (χ3v) is 4.22. The van der Waals surface area contributed by atoms with Gasteiger partial charge in [0.1, 0.15) is 5.75 Å². The summed E-state index contributed by atoms with van der Waals surface area (Å²) < 4.78 is 11.0. The van der Waals surface area contributed by atoms with Crippen LogP contribution in [0.1, 0.15) is 51.4 Å². The number of rotatable bonds is 6. The standard InChI is InChI=1S/C17H25BrClNO3/c1-16(2,3)9-17(4,5)20-15(21)11-7-12(18)13(19)8-14(11)23-10-22-6/h7-8H,9-10H2,1-6H3,(H,20,21). The fourth-order valence-corrected chi connectivity index (χ4v) is 3.19. The number of nitrogens with one attached hydrogen (secondary N) is 1. The van der Waals surface area contributed by atoms with Crippen molar-refractivity contribution < 1.29 is 14.3 Å². The molecule has 1 rings (SSSR count). The van der Waals surface area contributed by atoms with Crippen LogP contribution in [-0.4, -0.2) is 25.3 Å². The molecule has 0 atom stereocenters. The molecule has 1 aromatic rings. The van der Waals surface area contributed by atoms with Crippen LogP contribution >= 0.6 is 27.5 Å². The summed E-state index contributed by atoms with van der Waals surface area (Å²) in [6.07, 6.45) is 0.842. The van der Waals surface area contributed by atoms with Gasteiger partial charge >= 0.3 is 0 Å². The summed E-state index contributed by atoms with van der Waals surface area (Å²) in [7, 11) is 1.52. The van der Waals surface area contributed by atoms with E-state index >= 15 is 0 Å². The molecule has 0 unspecified atom stereocenters. The van der Waals surface area contributed by atoms with Gasteiger partial charge in [0.15, 0.2) is 6.79 Å². The third-order valence-electron chi connectivity index (χ3n) is 3.02. The number of benzene rings is 1. The minimum Gasteiger partial charge on any atom is -0.467 e. The molecule has 130 valence electrons. The zero-order chi connectivity index (χ0) is 17.8. The summed E-state index contributed by atoms with van der Waals surface area (Å²) in [6, 6.07) is 3.27. The van der Waals surface area contributed by atoms with Crippen molar-refractivity contribution >= 4 is 33.4 Å². The Balaban J connectivity index is 3.04. The Hall–Kier alpha value is -0.780. The molecule has 6 heteroatoms. The number of carbonyl (C=O) groups excluding carboxylic acids is 1. The van der Waals surface area contributed by atoms with E-state index in [-0.39, 0.29) is 23.7 Å². The van der Waals surface area contributed by atoms with E-state index in [0.717, 1.165) is 6.42 Å². The molecule has 0 fully saturated rings. The topological polar surface area (TPSA) is 47.6 Å². The maximum Gasteiger partial charge on any atom is 0.255 e. The van der Waals surface area contributed by atoms with Gasteiger partial charge in [-0.2, -0.15) is 0 Å². The lowest BCUT2D eigenvalue weighted by molar-refractivity contribution is 0.0499. The molecule has 0 saturated heterocycles. The van der Waals surface area contributed by atoms with Gasteiger partial charge in [-0.15, -0.1) is 0 Å². The Labute approximate surface area is 152 Å². The first-order valence-electron chi connectivity index (χ1n) is 7.38. The highest BCUT2D eigenvalue weighted by atomic mass is 79.9. The molecule has 0 heterocycles. The van der Waals surface area contributed by atoms with E-state index in [1.54, 1.807) is 12.1 Å². The molecule has 0 radical (unpaired) electrons. The summed E-state index contributed by atoms with van der Waals surface area (Å²) in [5, 5.41) is 3.54. The lowest BCUT2D eigenvalue weighted by Gasteiger charge is -2.33. The highest BCUT2D eigenvalue weighted by Gasteiger charge is 2.28. The molecule has 4 nitrogen and oxygen atoms in total. The smallest absolute Gasteiger partial charge is 0.255 e. The number of methoxy groups -OCH3 is 1. The van der Waals surface area contributed by atoms with Crippen molar-refractivity contribution in [3.05, 3.63) is 27.2 Å². The second-order valence-electron chi connectivity index (χ2n) is 7.39. The molecule has 0 aliphatic carbocycles. The first kappa shape index (κ1) is 20.3. The maximum absolute atomic E-state index is 12.7. The number of halogens is 2. The first-order chi connectivity index (χ1) is 10.4. The Morgan fingerprint density at radius 3 is 2.39 bits per heavy atom. The molecule has 1 amide bonds. The van der Waals surface area contributed by atoms with Crippen LogP contribution in [0.3, 0.4) is 0 Å². The minimum atomic E-state index is -0.347. The molecule has 0 aliphatic rings. The predicted octanol–water partition coefficient (Wildman–Crippen LogP) is 5.03. The monoisotopic (exact) mass is 405 g/mol. The van der Waals surface area contributed by atoms with E-state index in [1.807, 2.05) is 13.8 Å². The van der Waals surface area contributed by atoms with E-state index in [1.165, 1.54) is 7.11 Å². The van der Waals surface area contributed by atoms with Crippen molar-refractivity contribution in [2.45, 2.75) is 46.6 Å². The molecule has 0 bridgehead atoms. The van der Waals surface area contributed by atoms with Crippen LogP contribution in [-0.2, 0) is 4.74 Å². The Kier molecular flexibility index (Phi) is 6.93. The first-order valence-corrected chi connectivity index (χ1v) is 8.55. The van der Waals surface area contributed by atoms with Gasteiger partial charge < -0.3 is 14.8 Å². The summed E-state index contributed by atoms with van der Waals surface area (Å²) in [5.74, 6) is 0.187. The second kappa shape index (κ2) is 7.86. The summed E-state index contributed by atoms with van der Waals surface area (Å²) >= 11 is 9.44. The average molecular weight is 407 g/mol. The molecule has 0 aromatic heterocycles. The minimum absolute atomic E-state index is 0.0453. The lowest BCUT2D eigenvalue weighted by Crippen LogP contribution is -2.45. The van der Waals surface area contributed by atoms with Crippen molar-refractivity contribution in [3.63, 3.8) is 0 Å². The van der Waals surface area contributed by atoms with Crippen LogP contribution in [0.25, 0.3) is 0 Å². The van der Waals surface area contributed by atoms with Crippen LogP contribution in [0.5, 0.6) is 5.75 Å². The average Bonchev–Trinajstić information content (AvgIpc) is 2.35. The molecule has 23 heavy (non-hydrogen) atoms. The number of ether oxygens (including phenoxy) is 2. The largest absolute Gasteiger partial charge is 0.467 e. The van der Waals surface area contributed by atoms with E-state index in [9.17, 15) is 4.79 Å². The Morgan fingerprint density at radius 2 is 1.87 bits per heavy atom. The lowest BCUT2D eigenvalue weighted by atomic mass is 9.81. The number of carbonyl (C=O) groups is 1. The predicted molar refractivity (Wildman–Crippen MR) is 97.3 cm³/mol. The highest BCUT2D eigenvalue weighted by molar-refractivity contribution is 9.10. The third kappa shape index (κ3) is 6.69. The van der Waals surface area contributed by atoms with Gasteiger partial charge in [-0.3, -0.25) is 4.79 Å². The summed E-state index contributed by atoms with van der Waals surface area (Å²) in [5.41, 5.74) is 0.174. The molecule has 0 aliphatic heterocycles. The zero-order valence-electron chi connectivity index (χ0n) is 14.5. The molecular formula is C17H25BrClNO3. The normalized spacial score (nSPS) is 12.2. The number of amides is 1. The molecule has 1 aromatic carbocycles. The van der Waals surface area contributed by atoms with Crippen LogP contribution < -0.4 is 10.1 Å². The van der Waals surface area contributed by atoms with Gasteiger partial charge in [-0.1, -0.05) is 32.4 Å². The second-order valence-corrected chi connectivity index (χ2v) is 8.65. The van der Waals surface area contributed by atoms with E-state index in [2.05, 4.69) is 42.0 Å². The van der Waals surface area contributed by atoms with Gasteiger partial charge in [-0.05, 0) is 47.7 Å². The fraction of sp³-hybridized carbons (Fsp3) is 0.588. The number of hydrogen-bond donors (Lipinski definition) is 1. The molecule has 0 saturated carbocycles. The van der Waals surface area contributed by atoms with Crippen molar-refractivity contribution in [3.8, 4) is 5.75 Å². The van der Waals surface area contributed by atoms with E-state index in [0.29, 0.717) is 20.8 Å². The summed E-state index contributed by atoms with van der Waals surface area (Å²) in [6.45, 7) is 10.5. The molecule has 0 spiro atoms.